The lowest BCUT2D eigenvalue weighted by Crippen LogP contribution is -2.28. The van der Waals surface area contributed by atoms with E-state index in [-0.39, 0.29) is 12.1 Å². The van der Waals surface area contributed by atoms with Crippen LogP contribution in [0.1, 0.15) is 5.56 Å². The summed E-state index contributed by atoms with van der Waals surface area (Å²) in [7, 11) is 1.63. The molecular weight excluding hydrogens is 338 g/mol. The van der Waals surface area contributed by atoms with Crippen molar-refractivity contribution in [2.24, 2.45) is 0 Å². The van der Waals surface area contributed by atoms with Crippen LogP contribution in [-0.2, 0) is 11.2 Å². The number of carbonyl (C=O) groups is 1. The quantitative estimate of drug-likeness (QED) is 0.714. The second-order valence-electron chi connectivity index (χ2n) is 5.65. The zero-order valence-corrected chi connectivity index (χ0v) is 14.6. The van der Waals surface area contributed by atoms with Gasteiger partial charge in [0.25, 0.3) is 0 Å². The van der Waals surface area contributed by atoms with E-state index in [1.165, 1.54) is 0 Å². The first-order valence-corrected chi connectivity index (χ1v) is 8.27. The lowest BCUT2D eigenvalue weighted by Gasteiger charge is -2.12. The minimum atomic E-state index is -0.349. The monoisotopic (exact) mass is 357 g/mol. The number of methoxy groups -OCH3 is 1. The zero-order valence-electron chi connectivity index (χ0n) is 13.7. The second kappa shape index (κ2) is 7.85. The number of hydrogen-bond acceptors (Lipinski definition) is 4. The molecule has 0 aromatic heterocycles. The molecule has 0 saturated carbocycles. The average Bonchev–Trinajstić information content (AvgIpc) is 3.02. The van der Waals surface area contributed by atoms with Crippen LogP contribution < -0.4 is 20.7 Å². The third kappa shape index (κ3) is 4.84. The molecule has 3 N–H and O–H groups in total. The molecule has 0 aliphatic carbocycles. The number of ether oxygens (including phenoxy) is 2. The minimum Gasteiger partial charge on any atom is -0.497 e. The predicted octanol–water partition coefficient (Wildman–Crippen LogP) is 3.16. The fourth-order valence-electron chi connectivity index (χ4n) is 2.51. The molecule has 2 aromatic carbocycles. The first-order valence-electron chi connectivity index (χ1n) is 7.86. The molecule has 1 amide bonds. The Morgan fingerprint density at radius 2 is 1.76 bits per heavy atom. The highest BCUT2D eigenvalue weighted by Gasteiger charge is 2.21. The van der Waals surface area contributed by atoms with Crippen LogP contribution in [0.15, 0.2) is 48.5 Å². The summed E-state index contributed by atoms with van der Waals surface area (Å²) < 4.78 is 10.0. The highest BCUT2D eigenvalue weighted by Crippen LogP contribution is 2.16. The van der Waals surface area contributed by atoms with Crippen LogP contribution in [0.4, 0.5) is 16.2 Å². The van der Waals surface area contributed by atoms with Crippen molar-refractivity contribution >= 4 is 34.8 Å². The van der Waals surface area contributed by atoms with Gasteiger partial charge in [-0.15, -0.1) is 0 Å². The molecule has 1 aliphatic heterocycles. The van der Waals surface area contributed by atoms with Gasteiger partial charge in [-0.25, -0.2) is 4.79 Å². The van der Waals surface area contributed by atoms with Gasteiger partial charge in [-0.05, 0) is 60.6 Å². The van der Waals surface area contributed by atoms with Crippen LogP contribution in [0, 0.1) is 0 Å². The Morgan fingerprint density at radius 1 is 1.16 bits per heavy atom. The van der Waals surface area contributed by atoms with Crippen LogP contribution in [-0.4, -0.2) is 31.0 Å². The molecule has 0 unspecified atom stereocenters. The summed E-state index contributed by atoms with van der Waals surface area (Å²) in [5, 5.41) is 9.54. The number of cyclic esters (lactones) is 1. The maximum Gasteiger partial charge on any atom is 0.407 e. The number of alkyl carbamates (subject to hydrolysis) is 1. The van der Waals surface area contributed by atoms with Gasteiger partial charge in [0.15, 0.2) is 5.11 Å². The van der Waals surface area contributed by atoms with Crippen LogP contribution in [0.5, 0.6) is 5.75 Å². The largest absolute Gasteiger partial charge is 0.497 e. The molecule has 1 aliphatic rings. The van der Waals surface area contributed by atoms with E-state index >= 15 is 0 Å². The lowest BCUT2D eigenvalue weighted by molar-refractivity contribution is 0.177. The molecular formula is C18H19N3O3S. The average molecular weight is 357 g/mol. The Kier molecular flexibility index (Phi) is 5.35. The molecule has 25 heavy (non-hydrogen) atoms. The van der Waals surface area contributed by atoms with E-state index in [1.807, 2.05) is 48.5 Å². The summed E-state index contributed by atoms with van der Waals surface area (Å²) in [6.45, 7) is 0.411. The lowest BCUT2D eigenvalue weighted by atomic mass is 10.1. The van der Waals surface area contributed by atoms with Gasteiger partial charge < -0.3 is 25.4 Å². The van der Waals surface area contributed by atoms with Gasteiger partial charge in [0.05, 0.1) is 13.2 Å². The van der Waals surface area contributed by atoms with Gasteiger partial charge >= 0.3 is 6.09 Å². The van der Waals surface area contributed by atoms with Gasteiger partial charge in [0, 0.05) is 11.4 Å². The van der Waals surface area contributed by atoms with Crippen molar-refractivity contribution in [1.82, 2.24) is 5.32 Å². The Morgan fingerprint density at radius 3 is 2.28 bits per heavy atom. The molecule has 0 spiro atoms. The summed E-state index contributed by atoms with van der Waals surface area (Å²) in [4.78, 5) is 11.0. The summed E-state index contributed by atoms with van der Waals surface area (Å²) in [6, 6.07) is 15.5. The highest BCUT2D eigenvalue weighted by atomic mass is 32.1. The topological polar surface area (TPSA) is 71.6 Å². The second-order valence-corrected chi connectivity index (χ2v) is 6.06. The molecule has 0 bridgehead atoms. The van der Waals surface area contributed by atoms with Gasteiger partial charge in [-0.1, -0.05) is 12.1 Å². The third-order valence-corrected chi connectivity index (χ3v) is 3.98. The smallest absolute Gasteiger partial charge is 0.407 e. The fourth-order valence-corrected chi connectivity index (χ4v) is 2.75. The van der Waals surface area contributed by atoms with Crippen LogP contribution in [0.2, 0.25) is 0 Å². The van der Waals surface area contributed by atoms with Crippen LogP contribution in [0.3, 0.4) is 0 Å². The van der Waals surface area contributed by atoms with Crippen molar-refractivity contribution in [2.45, 2.75) is 12.5 Å². The fraction of sp³-hybridized carbons (Fsp3) is 0.222. The standard InChI is InChI=1S/C18H19N3O3S/c1-23-16-8-6-14(7-9-16)20-17(25)19-13-4-2-12(3-5-13)10-15-11-24-18(22)21-15/h2-9,15H,10-11H2,1H3,(H,21,22)(H2,19,20,25)/t15-/m0/s1. The molecule has 130 valence electrons. The third-order valence-electron chi connectivity index (χ3n) is 3.78. The van der Waals surface area contributed by atoms with E-state index < -0.39 is 0 Å². The number of anilines is 2. The summed E-state index contributed by atoms with van der Waals surface area (Å²) in [5.41, 5.74) is 2.89. The molecule has 1 heterocycles. The molecule has 1 fully saturated rings. The molecule has 7 heteroatoms. The number of carbonyl (C=O) groups excluding carboxylic acids is 1. The Bertz CT molecular complexity index is 747. The van der Waals surface area contributed by atoms with Gasteiger partial charge in [0.1, 0.15) is 12.4 Å². The van der Waals surface area contributed by atoms with E-state index in [2.05, 4.69) is 16.0 Å². The predicted molar refractivity (Wildman–Crippen MR) is 101 cm³/mol. The number of thiocarbonyl (C=S) groups is 1. The first-order chi connectivity index (χ1) is 12.1. The van der Waals surface area contributed by atoms with E-state index in [0.29, 0.717) is 11.7 Å². The number of hydrogen-bond donors (Lipinski definition) is 3. The highest BCUT2D eigenvalue weighted by molar-refractivity contribution is 7.80. The van der Waals surface area contributed by atoms with Crippen LogP contribution in [0.25, 0.3) is 0 Å². The SMILES string of the molecule is COc1ccc(NC(=S)Nc2ccc(C[C@H]3COC(=O)N3)cc2)cc1. The van der Waals surface area contributed by atoms with Crippen molar-refractivity contribution in [3.63, 3.8) is 0 Å². The molecule has 3 rings (SSSR count). The number of amides is 1. The Balaban J connectivity index is 1.51. The number of benzene rings is 2. The molecule has 1 saturated heterocycles. The van der Waals surface area contributed by atoms with E-state index in [4.69, 9.17) is 21.7 Å². The molecule has 1 atom stereocenters. The van der Waals surface area contributed by atoms with Crippen molar-refractivity contribution in [3.8, 4) is 5.75 Å². The van der Waals surface area contributed by atoms with Crippen LogP contribution >= 0.6 is 12.2 Å². The van der Waals surface area contributed by atoms with Crippen molar-refractivity contribution in [1.29, 1.82) is 0 Å². The summed E-state index contributed by atoms with van der Waals surface area (Å²) in [5.74, 6) is 0.795. The van der Waals surface area contributed by atoms with Crippen molar-refractivity contribution < 1.29 is 14.3 Å². The molecule has 2 aromatic rings. The van der Waals surface area contributed by atoms with Gasteiger partial charge in [0.2, 0.25) is 0 Å². The summed E-state index contributed by atoms with van der Waals surface area (Å²) in [6.07, 6.45) is 0.388. The van der Waals surface area contributed by atoms with Gasteiger partial charge in [-0.3, -0.25) is 0 Å². The molecule has 6 nitrogen and oxygen atoms in total. The summed E-state index contributed by atoms with van der Waals surface area (Å²) >= 11 is 5.32. The minimum absolute atomic E-state index is 0.0316. The number of nitrogens with one attached hydrogen (secondary N) is 3. The maximum absolute atomic E-state index is 11.0. The first kappa shape index (κ1) is 17.0. The normalized spacial score (nSPS) is 15.9. The van der Waals surface area contributed by atoms with E-state index in [0.717, 1.165) is 29.1 Å². The Hall–Kier alpha value is -2.80. The van der Waals surface area contributed by atoms with Crippen molar-refractivity contribution in [2.75, 3.05) is 24.4 Å². The zero-order chi connectivity index (χ0) is 17.6. The Labute approximate surface area is 151 Å². The molecule has 0 radical (unpaired) electrons. The number of rotatable bonds is 5. The maximum atomic E-state index is 11.0. The van der Waals surface area contributed by atoms with Crippen molar-refractivity contribution in [3.05, 3.63) is 54.1 Å². The van der Waals surface area contributed by atoms with E-state index in [9.17, 15) is 4.79 Å². The van der Waals surface area contributed by atoms with Gasteiger partial charge in [-0.2, -0.15) is 0 Å². The van der Waals surface area contributed by atoms with E-state index in [1.54, 1.807) is 7.11 Å².